The Morgan fingerprint density at radius 3 is 3.00 bits per heavy atom. The molecule has 2 heteroatoms. The maximum absolute atomic E-state index is 5.35. The number of hydrogen-bond donors (Lipinski definition) is 1. The second-order valence-corrected chi connectivity index (χ2v) is 4.93. The number of aryl methyl sites for hydroxylation is 1. The molecule has 0 aliphatic heterocycles. The van der Waals surface area contributed by atoms with Crippen LogP contribution < -0.4 is 5.32 Å². The highest BCUT2D eigenvalue weighted by Gasteiger charge is 2.18. The van der Waals surface area contributed by atoms with Gasteiger partial charge in [-0.15, -0.1) is 0 Å². The average Bonchev–Trinajstić information content (AvgIpc) is 2.92. The number of benzene rings is 1. The van der Waals surface area contributed by atoms with Crippen LogP contribution in [0.3, 0.4) is 0 Å². The Morgan fingerprint density at radius 2 is 2.11 bits per heavy atom. The van der Waals surface area contributed by atoms with Crippen molar-refractivity contribution in [3.63, 3.8) is 0 Å². The summed E-state index contributed by atoms with van der Waals surface area (Å²) in [7, 11) is 0. The Hall–Kier alpha value is -1.54. The standard InChI is InChI=1S/C16H19NO/c1-2-8-15-13(5-1)6-3-9-16(15)17-11-10-14-7-4-12-18-14/h1-2,4-5,7-8,12,16-17H,3,6,9-11H2. The van der Waals surface area contributed by atoms with Gasteiger partial charge in [-0.3, -0.25) is 0 Å². The third kappa shape index (κ3) is 2.49. The van der Waals surface area contributed by atoms with E-state index in [1.165, 1.54) is 30.4 Å². The number of hydrogen-bond acceptors (Lipinski definition) is 2. The molecular weight excluding hydrogens is 222 g/mol. The summed E-state index contributed by atoms with van der Waals surface area (Å²) in [4.78, 5) is 0. The normalized spacial score (nSPS) is 18.6. The van der Waals surface area contributed by atoms with Crippen molar-refractivity contribution in [1.82, 2.24) is 5.32 Å². The first-order chi connectivity index (χ1) is 8.93. The van der Waals surface area contributed by atoms with E-state index in [9.17, 15) is 0 Å². The Morgan fingerprint density at radius 1 is 1.17 bits per heavy atom. The van der Waals surface area contributed by atoms with Gasteiger partial charge in [0.05, 0.1) is 6.26 Å². The zero-order valence-corrected chi connectivity index (χ0v) is 10.6. The van der Waals surface area contributed by atoms with Gasteiger partial charge in [0.25, 0.3) is 0 Å². The van der Waals surface area contributed by atoms with Gasteiger partial charge in [0.15, 0.2) is 0 Å². The first-order valence-corrected chi connectivity index (χ1v) is 6.77. The fraction of sp³-hybridized carbons (Fsp3) is 0.375. The van der Waals surface area contributed by atoms with Crippen LogP contribution in [0, 0.1) is 0 Å². The molecule has 0 bridgehead atoms. The van der Waals surface area contributed by atoms with Crippen molar-refractivity contribution in [2.75, 3.05) is 6.54 Å². The van der Waals surface area contributed by atoms with Gasteiger partial charge in [-0.1, -0.05) is 24.3 Å². The SMILES string of the molecule is c1coc(CCNC2CCCc3ccccc32)c1. The summed E-state index contributed by atoms with van der Waals surface area (Å²) < 4.78 is 5.35. The first kappa shape index (κ1) is 11.5. The quantitative estimate of drug-likeness (QED) is 0.886. The Balaban J connectivity index is 1.60. The molecule has 3 rings (SSSR count). The Kier molecular flexibility index (Phi) is 3.47. The summed E-state index contributed by atoms with van der Waals surface area (Å²) in [6, 6.07) is 13.3. The highest BCUT2D eigenvalue weighted by Crippen LogP contribution is 2.29. The predicted octanol–water partition coefficient (Wildman–Crippen LogP) is 3.49. The van der Waals surface area contributed by atoms with Crippen molar-refractivity contribution in [2.24, 2.45) is 0 Å². The van der Waals surface area contributed by atoms with E-state index in [2.05, 4.69) is 29.6 Å². The Labute approximate surface area is 108 Å². The third-order valence-corrected chi connectivity index (χ3v) is 3.71. The molecule has 2 aromatic rings. The summed E-state index contributed by atoms with van der Waals surface area (Å²) in [5, 5.41) is 3.66. The molecule has 1 aromatic carbocycles. The molecule has 1 aromatic heterocycles. The smallest absolute Gasteiger partial charge is 0.105 e. The second kappa shape index (κ2) is 5.40. The Bertz CT molecular complexity index is 490. The molecule has 0 radical (unpaired) electrons. The molecule has 0 spiro atoms. The molecule has 0 saturated heterocycles. The molecule has 2 nitrogen and oxygen atoms in total. The highest BCUT2D eigenvalue weighted by atomic mass is 16.3. The third-order valence-electron chi connectivity index (χ3n) is 3.71. The van der Waals surface area contributed by atoms with Crippen molar-refractivity contribution < 1.29 is 4.42 Å². The topological polar surface area (TPSA) is 25.2 Å². The molecule has 1 N–H and O–H groups in total. The summed E-state index contributed by atoms with van der Waals surface area (Å²) in [5.74, 6) is 1.06. The van der Waals surface area contributed by atoms with Crippen LogP contribution in [0.5, 0.6) is 0 Å². The van der Waals surface area contributed by atoms with Crippen LogP contribution in [0.15, 0.2) is 47.1 Å². The van der Waals surface area contributed by atoms with Crippen molar-refractivity contribution in [3.05, 3.63) is 59.5 Å². The minimum Gasteiger partial charge on any atom is -0.469 e. The number of furan rings is 1. The van der Waals surface area contributed by atoms with Gasteiger partial charge < -0.3 is 9.73 Å². The van der Waals surface area contributed by atoms with Crippen LogP contribution >= 0.6 is 0 Å². The molecule has 1 aliphatic carbocycles. The summed E-state index contributed by atoms with van der Waals surface area (Å²) in [6.07, 6.45) is 6.47. The van der Waals surface area contributed by atoms with Gasteiger partial charge >= 0.3 is 0 Å². The molecule has 1 unspecified atom stereocenters. The first-order valence-electron chi connectivity index (χ1n) is 6.77. The molecule has 94 valence electrons. The van der Waals surface area contributed by atoms with Gasteiger partial charge in [-0.05, 0) is 42.5 Å². The molecular formula is C16H19NO. The van der Waals surface area contributed by atoms with Crippen molar-refractivity contribution >= 4 is 0 Å². The number of fused-ring (bicyclic) bond motifs is 1. The molecule has 0 saturated carbocycles. The molecule has 1 aliphatic rings. The van der Waals surface area contributed by atoms with Crippen molar-refractivity contribution in [1.29, 1.82) is 0 Å². The molecule has 18 heavy (non-hydrogen) atoms. The van der Waals surface area contributed by atoms with E-state index < -0.39 is 0 Å². The average molecular weight is 241 g/mol. The lowest BCUT2D eigenvalue weighted by Gasteiger charge is -2.26. The fourth-order valence-corrected chi connectivity index (χ4v) is 2.79. The van der Waals surface area contributed by atoms with E-state index in [1.54, 1.807) is 6.26 Å². The van der Waals surface area contributed by atoms with E-state index in [4.69, 9.17) is 4.42 Å². The summed E-state index contributed by atoms with van der Waals surface area (Å²) in [5.41, 5.74) is 3.00. The van der Waals surface area contributed by atoms with E-state index in [0.29, 0.717) is 6.04 Å². The van der Waals surface area contributed by atoms with Gasteiger partial charge in [0, 0.05) is 19.0 Å². The van der Waals surface area contributed by atoms with Crippen LogP contribution in [0.2, 0.25) is 0 Å². The van der Waals surface area contributed by atoms with E-state index in [0.717, 1.165) is 18.7 Å². The van der Waals surface area contributed by atoms with E-state index >= 15 is 0 Å². The maximum atomic E-state index is 5.35. The molecule has 1 heterocycles. The van der Waals surface area contributed by atoms with Crippen LogP contribution in [0.25, 0.3) is 0 Å². The minimum absolute atomic E-state index is 0.518. The lowest BCUT2D eigenvalue weighted by Crippen LogP contribution is -2.26. The molecule has 1 atom stereocenters. The lowest BCUT2D eigenvalue weighted by molar-refractivity contribution is 0.442. The summed E-state index contributed by atoms with van der Waals surface area (Å²) >= 11 is 0. The fourth-order valence-electron chi connectivity index (χ4n) is 2.79. The van der Waals surface area contributed by atoms with Crippen LogP contribution in [-0.2, 0) is 12.8 Å². The van der Waals surface area contributed by atoms with Gasteiger partial charge in [0.2, 0.25) is 0 Å². The lowest BCUT2D eigenvalue weighted by atomic mass is 9.88. The zero-order valence-electron chi connectivity index (χ0n) is 10.6. The predicted molar refractivity (Wildman–Crippen MR) is 72.5 cm³/mol. The molecule has 0 fully saturated rings. The van der Waals surface area contributed by atoms with E-state index in [1.807, 2.05) is 12.1 Å². The van der Waals surface area contributed by atoms with E-state index in [-0.39, 0.29) is 0 Å². The second-order valence-electron chi connectivity index (χ2n) is 4.93. The largest absolute Gasteiger partial charge is 0.469 e. The number of rotatable bonds is 4. The van der Waals surface area contributed by atoms with Crippen LogP contribution in [0.4, 0.5) is 0 Å². The van der Waals surface area contributed by atoms with Crippen molar-refractivity contribution in [3.8, 4) is 0 Å². The minimum atomic E-state index is 0.518. The maximum Gasteiger partial charge on any atom is 0.105 e. The monoisotopic (exact) mass is 241 g/mol. The van der Waals surface area contributed by atoms with Gasteiger partial charge in [-0.2, -0.15) is 0 Å². The zero-order chi connectivity index (χ0) is 12.2. The highest BCUT2D eigenvalue weighted by molar-refractivity contribution is 5.32. The van der Waals surface area contributed by atoms with Crippen LogP contribution in [0.1, 0.15) is 35.8 Å². The molecule has 0 amide bonds. The number of nitrogens with one attached hydrogen (secondary N) is 1. The van der Waals surface area contributed by atoms with Gasteiger partial charge in [0.1, 0.15) is 5.76 Å². The van der Waals surface area contributed by atoms with Crippen molar-refractivity contribution in [2.45, 2.75) is 31.7 Å². The van der Waals surface area contributed by atoms with Gasteiger partial charge in [-0.25, -0.2) is 0 Å². The summed E-state index contributed by atoms with van der Waals surface area (Å²) in [6.45, 7) is 0.979. The van der Waals surface area contributed by atoms with Crippen LogP contribution in [-0.4, -0.2) is 6.54 Å².